The third kappa shape index (κ3) is 6.16. The van der Waals surface area contributed by atoms with Crippen molar-refractivity contribution in [2.24, 2.45) is 0 Å². The first kappa shape index (κ1) is 16.8. The molecule has 0 aromatic heterocycles. The summed E-state index contributed by atoms with van der Waals surface area (Å²) < 4.78 is 10.3. The summed E-state index contributed by atoms with van der Waals surface area (Å²) >= 11 is 0. The van der Waals surface area contributed by atoms with Crippen molar-refractivity contribution in [1.82, 2.24) is 5.32 Å². The SMILES string of the molecule is CCCCC(NC(=O)COc1ccc(OC)cc1)C(=O)O. The summed E-state index contributed by atoms with van der Waals surface area (Å²) in [5.74, 6) is -0.265. The molecule has 0 spiro atoms. The molecule has 6 nitrogen and oxygen atoms in total. The zero-order valence-electron chi connectivity index (χ0n) is 12.3. The number of carboxylic acids is 1. The number of benzene rings is 1. The second-order valence-corrected chi connectivity index (χ2v) is 4.56. The largest absolute Gasteiger partial charge is 0.497 e. The number of amides is 1. The highest BCUT2D eigenvalue weighted by Gasteiger charge is 2.19. The van der Waals surface area contributed by atoms with Gasteiger partial charge in [-0.15, -0.1) is 0 Å². The fourth-order valence-corrected chi connectivity index (χ4v) is 1.72. The molecular formula is C15H21NO5. The second kappa shape index (κ2) is 8.84. The highest BCUT2D eigenvalue weighted by atomic mass is 16.5. The van der Waals surface area contributed by atoms with Crippen LogP contribution < -0.4 is 14.8 Å². The van der Waals surface area contributed by atoms with Crippen molar-refractivity contribution in [3.63, 3.8) is 0 Å². The van der Waals surface area contributed by atoms with Gasteiger partial charge in [0.2, 0.25) is 0 Å². The Kier molecular flexibility index (Phi) is 7.08. The van der Waals surface area contributed by atoms with Gasteiger partial charge in [0.1, 0.15) is 17.5 Å². The van der Waals surface area contributed by atoms with Crippen molar-refractivity contribution < 1.29 is 24.2 Å². The van der Waals surface area contributed by atoms with Crippen LogP contribution in [-0.4, -0.2) is 36.7 Å². The summed E-state index contributed by atoms with van der Waals surface area (Å²) in [4.78, 5) is 22.7. The molecule has 0 aliphatic heterocycles. The van der Waals surface area contributed by atoms with Gasteiger partial charge in [-0.3, -0.25) is 4.79 Å². The van der Waals surface area contributed by atoms with Gasteiger partial charge in [-0.25, -0.2) is 4.79 Å². The number of hydrogen-bond acceptors (Lipinski definition) is 4. The van der Waals surface area contributed by atoms with Crippen molar-refractivity contribution in [2.45, 2.75) is 32.2 Å². The van der Waals surface area contributed by atoms with Gasteiger partial charge >= 0.3 is 5.97 Å². The minimum absolute atomic E-state index is 0.220. The Morgan fingerprint density at radius 2 is 1.86 bits per heavy atom. The van der Waals surface area contributed by atoms with E-state index in [0.29, 0.717) is 17.9 Å². The Labute approximate surface area is 124 Å². The fourth-order valence-electron chi connectivity index (χ4n) is 1.72. The van der Waals surface area contributed by atoms with Gasteiger partial charge < -0.3 is 19.9 Å². The molecule has 1 rings (SSSR count). The number of ether oxygens (including phenoxy) is 2. The average Bonchev–Trinajstić information content (AvgIpc) is 2.49. The first-order valence-corrected chi connectivity index (χ1v) is 6.85. The van der Waals surface area contributed by atoms with Crippen LogP contribution >= 0.6 is 0 Å². The van der Waals surface area contributed by atoms with Crippen LogP contribution in [0.1, 0.15) is 26.2 Å². The van der Waals surface area contributed by atoms with Crippen LogP contribution in [0.5, 0.6) is 11.5 Å². The van der Waals surface area contributed by atoms with Crippen molar-refractivity contribution in [1.29, 1.82) is 0 Å². The predicted molar refractivity (Wildman–Crippen MR) is 77.6 cm³/mol. The molecule has 0 saturated heterocycles. The molecule has 0 fully saturated rings. The van der Waals surface area contributed by atoms with E-state index in [9.17, 15) is 9.59 Å². The van der Waals surface area contributed by atoms with Crippen LogP contribution in [0.25, 0.3) is 0 Å². The second-order valence-electron chi connectivity index (χ2n) is 4.56. The molecule has 2 N–H and O–H groups in total. The van der Waals surface area contributed by atoms with Crippen LogP contribution in [0.3, 0.4) is 0 Å². The fraction of sp³-hybridized carbons (Fsp3) is 0.467. The molecule has 1 aromatic carbocycles. The van der Waals surface area contributed by atoms with E-state index < -0.39 is 17.9 Å². The monoisotopic (exact) mass is 295 g/mol. The van der Waals surface area contributed by atoms with E-state index in [1.165, 1.54) is 0 Å². The van der Waals surface area contributed by atoms with Crippen molar-refractivity contribution >= 4 is 11.9 Å². The standard InChI is InChI=1S/C15H21NO5/c1-3-4-5-13(15(18)19)16-14(17)10-21-12-8-6-11(20-2)7-9-12/h6-9,13H,3-5,10H2,1-2H3,(H,16,17)(H,18,19). The van der Waals surface area contributed by atoms with Crippen molar-refractivity contribution in [3.05, 3.63) is 24.3 Å². The molecule has 1 unspecified atom stereocenters. The Hall–Kier alpha value is -2.24. The lowest BCUT2D eigenvalue weighted by atomic mass is 10.1. The molecule has 1 amide bonds. The maximum atomic E-state index is 11.7. The van der Waals surface area contributed by atoms with E-state index in [1.54, 1.807) is 31.4 Å². The van der Waals surface area contributed by atoms with Crippen LogP contribution in [-0.2, 0) is 9.59 Å². The maximum Gasteiger partial charge on any atom is 0.326 e. The van der Waals surface area contributed by atoms with Gasteiger partial charge in [0.25, 0.3) is 5.91 Å². The number of hydrogen-bond donors (Lipinski definition) is 2. The van der Waals surface area contributed by atoms with Gasteiger partial charge in [-0.2, -0.15) is 0 Å². The van der Waals surface area contributed by atoms with E-state index >= 15 is 0 Å². The third-order valence-electron chi connectivity index (χ3n) is 2.91. The molecule has 0 saturated carbocycles. The summed E-state index contributed by atoms with van der Waals surface area (Å²) in [7, 11) is 1.56. The van der Waals surface area contributed by atoms with Crippen LogP contribution in [0, 0.1) is 0 Å². The highest BCUT2D eigenvalue weighted by molar-refractivity contribution is 5.84. The van der Waals surface area contributed by atoms with E-state index in [1.807, 2.05) is 6.92 Å². The van der Waals surface area contributed by atoms with Crippen molar-refractivity contribution in [3.8, 4) is 11.5 Å². The molecule has 0 heterocycles. The van der Waals surface area contributed by atoms with Gasteiger partial charge in [0.05, 0.1) is 7.11 Å². The van der Waals surface area contributed by atoms with Crippen LogP contribution in [0.4, 0.5) is 0 Å². The maximum absolute atomic E-state index is 11.7. The number of methoxy groups -OCH3 is 1. The first-order valence-electron chi connectivity index (χ1n) is 6.85. The van der Waals surface area contributed by atoms with E-state index in [0.717, 1.165) is 12.8 Å². The first-order chi connectivity index (χ1) is 10.1. The molecule has 1 atom stereocenters. The smallest absolute Gasteiger partial charge is 0.326 e. The topological polar surface area (TPSA) is 84.9 Å². The van der Waals surface area contributed by atoms with Crippen molar-refractivity contribution in [2.75, 3.05) is 13.7 Å². The Morgan fingerprint density at radius 3 is 2.38 bits per heavy atom. The summed E-state index contributed by atoms with van der Waals surface area (Å²) in [6, 6.07) is 5.93. The molecule has 1 aromatic rings. The van der Waals surface area contributed by atoms with E-state index in [4.69, 9.17) is 14.6 Å². The van der Waals surface area contributed by atoms with Gasteiger partial charge in [0.15, 0.2) is 6.61 Å². The highest BCUT2D eigenvalue weighted by Crippen LogP contribution is 2.16. The number of rotatable bonds is 9. The lowest BCUT2D eigenvalue weighted by Gasteiger charge is -2.14. The molecule has 0 aliphatic rings. The average molecular weight is 295 g/mol. The molecule has 21 heavy (non-hydrogen) atoms. The molecule has 6 heteroatoms. The minimum atomic E-state index is -1.03. The van der Waals surface area contributed by atoms with Crippen LogP contribution in [0.2, 0.25) is 0 Å². The number of aliphatic carboxylic acids is 1. The Balaban J connectivity index is 2.42. The minimum Gasteiger partial charge on any atom is -0.497 e. The molecular weight excluding hydrogens is 274 g/mol. The van der Waals surface area contributed by atoms with Gasteiger partial charge in [-0.05, 0) is 30.7 Å². The van der Waals surface area contributed by atoms with Gasteiger partial charge in [0, 0.05) is 0 Å². The number of carboxylic acid groups (broad SMARTS) is 1. The molecule has 0 radical (unpaired) electrons. The normalized spacial score (nSPS) is 11.5. The number of carbonyl (C=O) groups is 2. The summed E-state index contributed by atoms with van der Waals surface area (Å²) in [6.45, 7) is 1.75. The quantitative estimate of drug-likeness (QED) is 0.726. The zero-order valence-corrected chi connectivity index (χ0v) is 12.3. The lowest BCUT2D eigenvalue weighted by Crippen LogP contribution is -2.42. The molecule has 116 valence electrons. The Bertz CT molecular complexity index is 458. The lowest BCUT2D eigenvalue weighted by molar-refractivity contribution is -0.142. The van der Waals surface area contributed by atoms with Gasteiger partial charge in [-0.1, -0.05) is 19.8 Å². The molecule has 0 aliphatic carbocycles. The van der Waals surface area contributed by atoms with Crippen LogP contribution in [0.15, 0.2) is 24.3 Å². The predicted octanol–water partition coefficient (Wildman–Crippen LogP) is 1.83. The summed E-state index contributed by atoms with van der Waals surface area (Å²) in [5, 5.41) is 11.5. The zero-order chi connectivity index (χ0) is 15.7. The number of nitrogens with one attached hydrogen (secondary N) is 1. The number of unbranched alkanes of at least 4 members (excludes halogenated alkanes) is 1. The van der Waals surface area contributed by atoms with E-state index in [-0.39, 0.29) is 6.61 Å². The molecule has 0 bridgehead atoms. The Morgan fingerprint density at radius 1 is 1.24 bits per heavy atom. The summed E-state index contributed by atoms with van der Waals surface area (Å²) in [5.41, 5.74) is 0. The van der Waals surface area contributed by atoms with E-state index in [2.05, 4.69) is 5.32 Å². The third-order valence-corrected chi connectivity index (χ3v) is 2.91. The summed E-state index contributed by atoms with van der Waals surface area (Å²) in [6.07, 6.45) is 2.04. The number of carbonyl (C=O) groups excluding carboxylic acids is 1.